The molecule has 3 aromatic heterocycles. The van der Waals surface area contributed by atoms with Crippen molar-refractivity contribution in [1.82, 2.24) is 19.3 Å². The lowest BCUT2D eigenvalue weighted by atomic mass is 10.0. The van der Waals surface area contributed by atoms with Gasteiger partial charge < -0.3 is 9.30 Å². The Bertz CT molecular complexity index is 1630. The van der Waals surface area contributed by atoms with Crippen LogP contribution in [-0.2, 0) is 18.5 Å². The van der Waals surface area contributed by atoms with Crippen LogP contribution in [0, 0.1) is 0 Å². The van der Waals surface area contributed by atoms with Crippen molar-refractivity contribution in [2.75, 3.05) is 6.61 Å². The lowest BCUT2D eigenvalue weighted by Gasteiger charge is -2.17. The molecule has 1 N–H and O–H groups in total. The minimum absolute atomic E-state index is 0.133. The van der Waals surface area contributed by atoms with Gasteiger partial charge in [-0.1, -0.05) is 55.0 Å². The highest BCUT2D eigenvalue weighted by Crippen LogP contribution is 2.35. The molecule has 0 unspecified atom stereocenters. The van der Waals surface area contributed by atoms with Crippen molar-refractivity contribution >= 4 is 53.2 Å². The van der Waals surface area contributed by atoms with Gasteiger partial charge in [-0.2, -0.15) is 5.10 Å². The van der Waals surface area contributed by atoms with Crippen LogP contribution in [0.4, 0.5) is 0 Å². The third-order valence-corrected chi connectivity index (χ3v) is 8.72. The molecular formula is C27H28Cl2N4O2Si. The fraction of sp³-hybridized carbons (Fsp3) is 0.259. The summed E-state index contributed by atoms with van der Waals surface area (Å²) in [6.45, 7) is 8.06. The molecule has 0 spiro atoms. The van der Waals surface area contributed by atoms with Crippen molar-refractivity contribution in [2.24, 2.45) is 7.05 Å². The van der Waals surface area contributed by atoms with E-state index >= 15 is 0 Å². The smallest absolute Gasteiger partial charge is 0.259 e. The lowest BCUT2D eigenvalue weighted by molar-refractivity contribution is 0.0922. The highest BCUT2D eigenvalue weighted by molar-refractivity contribution is 6.76. The number of aryl methyl sites for hydroxylation is 1. The van der Waals surface area contributed by atoms with Crippen LogP contribution in [0.25, 0.3) is 44.3 Å². The van der Waals surface area contributed by atoms with Crippen LogP contribution in [0.2, 0.25) is 35.7 Å². The molecule has 0 aliphatic carbocycles. The third-order valence-electron chi connectivity index (χ3n) is 6.47. The number of rotatable bonds is 7. The second kappa shape index (κ2) is 9.56. The standard InChI is InChI=1S/C27H28Cl2N4O2Si/c1-32-26-21(15-22(27(32)34)19-7-6-18(28)14-23(19)29)20-13-17(24-9-10-30-31-24)5-8-25(20)33(26)16-35-11-12-36(2,3)4/h5-10,13-15H,11-12,16H2,1-4H3,(H,30,31). The largest absolute Gasteiger partial charge is 0.361 e. The first-order chi connectivity index (χ1) is 17.1. The molecular weight excluding hydrogens is 511 g/mol. The fourth-order valence-electron chi connectivity index (χ4n) is 4.50. The van der Waals surface area contributed by atoms with Crippen molar-refractivity contribution in [3.8, 4) is 22.4 Å². The summed E-state index contributed by atoms with van der Waals surface area (Å²) < 4.78 is 9.92. The maximum Gasteiger partial charge on any atom is 0.259 e. The van der Waals surface area contributed by atoms with E-state index < -0.39 is 8.07 Å². The van der Waals surface area contributed by atoms with E-state index in [1.54, 1.807) is 36.0 Å². The van der Waals surface area contributed by atoms with Crippen molar-refractivity contribution in [3.63, 3.8) is 0 Å². The molecule has 2 aromatic carbocycles. The van der Waals surface area contributed by atoms with Gasteiger partial charge in [0, 0.05) is 60.4 Å². The Kier molecular flexibility index (Phi) is 6.59. The van der Waals surface area contributed by atoms with Crippen molar-refractivity contribution in [3.05, 3.63) is 75.1 Å². The number of fused-ring (bicyclic) bond motifs is 3. The van der Waals surface area contributed by atoms with Crippen LogP contribution in [0.3, 0.4) is 0 Å². The molecule has 6 nitrogen and oxygen atoms in total. The molecule has 0 amide bonds. The molecule has 186 valence electrons. The van der Waals surface area contributed by atoms with Crippen LogP contribution >= 0.6 is 23.2 Å². The predicted octanol–water partition coefficient (Wildman–Crippen LogP) is 7.17. The Labute approximate surface area is 220 Å². The van der Waals surface area contributed by atoms with Gasteiger partial charge in [-0.3, -0.25) is 14.5 Å². The molecule has 0 saturated carbocycles. The summed E-state index contributed by atoms with van der Waals surface area (Å²) in [7, 11) is 0.577. The van der Waals surface area contributed by atoms with Crippen molar-refractivity contribution in [1.29, 1.82) is 0 Å². The second-order valence-electron chi connectivity index (χ2n) is 10.3. The third kappa shape index (κ3) is 4.64. The number of halogens is 2. The molecule has 9 heteroatoms. The maximum atomic E-state index is 13.6. The SMILES string of the molecule is Cn1c(=O)c(-c2ccc(Cl)cc2Cl)cc2c3cc(-c4ccn[nH]4)ccc3n(COCC[Si](C)(C)C)c21. The summed E-state index contributed by atoms with van der Waals surface area (Å²) >= 11 is 12.6. The first-order valence-corrected chi connectivity index (χ1v) is 16.3. The highest BCUT2D eigenvalue weighted by Gasteiger charge is 2.20. The van der Waals surface area contributed by atoms with Gasteiger partial charge in [0.15, 0.2) is 0 Å². The Morgan fingerprint density at radius 2 is 1.81 bits per heavy atom. The summed E-state index contributed by atoms with van der Waals surface area (Å²) in [4.78, 5) is 13.6. The summed E-state index contributed by atoms with van der Waals surface area (Å²) in [5, 5.41) is 10.1. The predicted molar refractivity (Wildman–Crippen MR) is 152 cm³/mol. The highest BCUT2D eigenvalue weighted by atomic mass is 35.5. The number of hydrogen-bond donors (Lipinski definition) is 1. The number of H-pyrrole nitrogens is 1. The maximum absolute atomic E-state index is 13.6. The zero-order valence-corrected chi connectivity index (χ0v) is 23.2. The van der Waals surface area contributed by atoms with Gasteiger partial charge in [0.1, 0.15) is 12.4 Å². The number of aromatic nitrogens is 4. The lowest BCUT2D eigenvalue weighted by Crippen LogP contribution is -2.23. The van der Waals surface area contributed by atoms with E-state index in [2.05, 4.69) is 52.6 Å². The summed E-state index contributed by atoms with van der Waals surface area (Å²) in [5.74, 6) is 0. The topological polar surface area (TPSA) is 64.8 Å². The molecule has 0 bridgehead atoms. The first kappa shape index (κ1) is 24.8. The number of aromatic amines is 1. The van der Waals surface area contributed by atoms with Crippen LogP contribution in [-0.4, -0.2) is 34.0 Å². The number of nitrogens with zero attached hydrogens (tertiary/aromatic N) is 3. The number of nitrogens with one attached hydrogen (secondary N) is 1. The quantitative estimate of drug-likeness (QED) is 0.176. The van der Waals surface area contributed by atoms with Gasteiger partial charge in [0.25, 0.3) is 5.56 Å². The second-order valence-corrected chi connectivity index (χ2v) is 16.7. The van der Waals surface area contributed by atoms with Gasteiger partial charge in [-0.15, -0.1) is 0 Å². The molecule has 5 rings (SSSR count). The molecule has 0 aliphatic rings. The van der Waals surface area contributed by atoms with E-state index in [1.165, 1.54) is 0 Å². The molecule has 3 heterocycles. The minimum atomic E-state index is -1.22. The molecule has 0 radical (unpaired) electrons. The van der Waals surface area contributed by atoms with Crippen LogP contribution in [0.1, 0.15) is 0 Å². The molecule has 0 aliphatic heterocycles. The van der Waals surface area contributed by atoms with Crippen LogP contribution < -0.4 is 5.56 Å². The molecule has 0 fully saturated rings. The Morgan fingerprint density at radius 3 is 2.50 bits per heavy atom. The van der Waals surface area contributed by atoms with E-state index in [4.69, 9.17) is 27.9 Å². The first-order valence-electron chi connectivity index (χ1n) is 11.8. The van der Waals surface area contributed by atoms with Crippen molar-refractivity contribution in [2.45, 2.75) is 32.4 Å². The fourth-order valence-corrected chi connectivity index (χ4v) is 5.77. The van der Waals surface area contributed by atoms with E-state index in [0.717, 1.165) is 39.2 Å². The Hall–Kier alpha value is -2.84. The normalized spacial score (nSPS) is 12.2. The number of benzene rings is 2. The number of hydrogen-bond acceptors (Lipinski definition) is 3. The number of pyridine rings is 1. The monoisotopic (exact) mass is 538 g/mol. The molecule has 5 aromatic rings. The summed E-state index contributed by atoms with van der Waals surface area (Å²) in [6, 6.07) is 16.4. The van der Waals surface area contributed by atoms with E-state index in [0.29, 0.717) is 34.5 Å². The summed E-state index contributed by atoms with van der Waals surface area (Å²) in [5.41, 5.74) is 4.78. The van der Waals surface area contributed by atoms with Gasteiger partial charge in [0.05, 0.1) is 16.2 Å². The average Bonchev–Trinajstić information content (AvgIpc) is 3.45. The van der Waals surface area contributed by atoms with E-state index in [1.807, 2.05) is 12.1 Å². The van der Waals surface area contributed by atoms with Gasteiger partial charge in [-0.25, -0.2) is 0 Å². The Morgan fingerprint density at radius 1 is 1.00 bits per heavy atom. The van der Waals surface area contributed by atoms with Crippen LogP contribution in [0.15, 0.2) is 59.5 Å². The number of ether oxygens (including phenoxy) is 1. The van der Waals surface area contributed by atoms with Crippen molar-refractivity contribution < 1.29 is 4.74 Å². The van der Waals surface area contributed by atoms with Gasteiger partial charge >= 0.3 is 0 Å². The molecule has 0 saturated heterocycles. The Balaban J connectivity index is 1.72. The zero-order valence-electron chi connectivity index (χ0n) is 20.7. The average molecular weight is 540 g/mol. The van der Waals surface area contributed by atoms with E-state index in [9.17, 15) is 4.79 Å². The molecule has 0 atom stereocenters. The van der Waals surface area contributed by atoms with Crippen LogP contribution in [0.5, 0.6) is 0 Å². The van der Waals surface area contributed by atoms with Gasteiger partial charge in [0.2, 0.25) is 0 Å². The summed E-state index contributed by atoms with van der Waals surface area (Å²) in [6.07, 6.45) is 1.74. The van der Waals surface area contributed by atoms with Gasteiger partial charge in [-0.05, 0) is 42.4 Å². The zero-order chi connectivity index (χ0) is 25.6. The minimum Gasteiger partial charge on any atom is -0.361 e. The molecule has 36 heavy (non-hydrogen) atoms. The van der Waals surface area contributed by atoms with E-state index in [-0.39, 0.29) is 5.56 Å².